The van der Waals surface area contributed by atoms with Crippen LogP contribution in [0.25, 0.3) is 0 Å². The zero-order valence-electron chi connectivity index (χ0n) is 10.5. The fourth-order valence-corrected chi connectivity index (χ4v) is 2.80. The van der Waals surface area contributed by atoms with Crippen LogP contribution in [0.4, 0.5) is 5.95 Å². The van der Waals surface area contributed by atoms with Crippen molar-refractivity contribution in [2.45, 2.75) is 18.9 Å². The van der Waals surface area contributed by atoms with Gasteiger partial charge in [-0.05, 0) is 12.5 Å². The summed E-state index contributed by atoms with van der Waals surface area (Å²) >= 11 is 4.93. The molecule has 0 aromatic carbocycles. The molecule has 1 atom stereocenters. The third kappa shape index (κ3) is 2.25. The monoisotopic (exact) mass is 277 g/mol. The third-order valence-corrected chi connectivity index (χ3v) is 3.88. The molecule has 0 bridgehead atoms. The standard InChI is InChI=1S/C12H15N5OS/c13-11(19)9-3-4-14-12(15-9)16-5-6-17-8(7-16)1-2-10(17)18/h3-4,8H,1-2,5-7H2,(H2,13,19). The van der Waals surface area contributed by atoms with Gasteiger partial charge in [0.2, 0.25) is 11.9 Å². The molecule has 2 aliphatic heterocycles. The van der Waals surface area contributed by atoms with Crippen LogP contribution in [-0.4, -0.2) is 51.4 Å². The van der Waals surface area contributed by atoms with Gasteiger partial charge in [-0.3, -0.25) is 4.79 Å². The Hall–Kier alpha value is -1.76. The summed E-state index contributed by atoms with van der Waals surface area (Å²) in [5.41, 5.74) is 6.17. The number of aromatic nitrogens is 2. The molecule has 6 nitrogen and oxygen atoms in total. The zero-order chi connectivity index (χ0) is 13.4. The van der Waals surface area contributed by atoms with Crippen LogP contribution in [0, 0.1) is 0 Å². The summed E-state index contributed by atoms with van der Waals surface area (Å²) in [4.78, 5) is 24.6. The lowest BCUT2D eigenvalue weighted by atomic mass is 10.1. The Morgan fingerprint density at radius 2 is 2.32 bits per heavy atom. The van der Waals surface area contributed by atoms with Gasteiger partial charge in [-0.25, -0.2) is 9.97 Å². The van der Waals surface area contributed by atoms with E-state index in [-0.39, 0.29) is 10.9 Å². The first kappa shape index (κ1) is 12.3. The molecule has 19 heavy (non-hydrogen) atoms. The predicted octanol–water partition coefficient (Wildman–Crippen LogP) is -0.0782. The molecule has 0 saturated carbocycles. The van der Waals surface area contributed by atoms with Crippen molar-refractivity contribution in [2.75, 3.05) is 24.5 Å². The molecule has 2 saturated heterocycles. The van der Waals surface area contributed by atoms with Crippen molar-refractivity contribution in [2.24, 2.45) is 5.73 Å². The van der Waals surface area contributed by atoms with E-state index in [2.05, 4.69) is 14.9 Å². The molecule has 2 fully saturated rings. The van der Waals surface area contributed by atoms with Crippen molar-refractivity contribution >= 4 is 29.1 Å². The van der Waals surface area contributed by atoms with Gasteiger partial charge in [-0.2, -0.15) is 0 Å². The fraction of sp³-hybridized carbons (Fsp3) is 0.500. The molecule has 1 aromatic heterocycles. The highest BCUT2D eigenvalue weighted by Crippen LogP contribution is 2.24. The van der Waals surface area contributed by atoms with Crippen molar-refractivity contribution in [1.29, 1.82) is 0 Å². The topological polar surface area (TPSA) is 75.3 Å². The minimum atomic E-state index is 0.266. The maximum atomic E-state index is 11.6. The Morgan fingerprint density at radius 3 is 3.11 bits per heavy atom. The van der Waals surface area contributed by atoms with Crippen LogP contribution < -0.4 is 10.6 Å². The van der Waals surface area contributed by atoms with Crippen LogP contribution in [0.15, 0.2) is 12.3 Å². The number of nitrogens with zero attached hydrogens (tertiary/aromatic N) is 4. The van der Waals surface area contributed by atoms with Crippen LogP contribution in [0.5, 0.6) is 0 Å². The summed E-state index contributed by atoms with van der Waals surface area (Å²) in [5.74, 6) is 0.909. The summed E-state index contributed by atoms with van der Waals surface area (Å²) in [6, 6.07) is 2.00. The maximum Gasteiger partial charge on any atom is 0.226 e. The van der Waals surface area contributed by atoms with E-state index >= 15 is 0 Å². The van der Waals surface area contributed by atoms with E-state index in [9.17, 15) is 4.79 Å². The van der Waals surface area contributed by atoms with Gasteiger partial charge < -0.3 is 15.5 Å². The average Bonchev–Trinajstić information content (AvgIpc) is 2.80. The first-order chi connectivity index (χ1) is 9.15. The predicted molar refractivity (Wildman–Crippen MR) is 74.9 cm³/mol. The Morgan fingerprint density at radius 1 is 1.47 bits per heavy atom. The van der Waals surface area contributed by atoms with Gasteiger partial charge in [0.05, 0.1) is 0 Å². The Kier molecular flexibility index (Phi) is 3.06. The first-order valence-electron chi connectivity index (χ1n) is 6.32. The molecule has 3 rings (SSSR count). The number of hydrogen-bond donors (Lipinski definition) is 1. The van der Waals surface area contributed by atoms with Gasteiger partial charge in [-0.1, -0.05) is 12.2 Å². The number of anilines is 1. The number of rotatable bonds is 2. The second kappa shape index (κ2) is 4.73. The lowest BCUT2D eigenvalue weighted by Gasteiger charge is -2.37. The summed E-state index contributed by atoms with van der Waals surface area (Å²) < 4.78 is 0. The Bertz CT molecular complexity index is 535. The summed E-state index contributed by atoms with van der Waals surface area (Å²) in [7, 11) is 0. The number of thiocarbonyl (C=S) groups is 1. The molecule has 0 spiro atoms. The molecular weight excluding hydrogens is 262 g/mol. The van der Waals surface area contributed by atoms with Gasteiger partial charge in [0.15, 0.2) is 0 Å². The van der Waals surface area contributed by atoms with Crippen LogP contribution in [0.2, 0.25) is 0 Å². The number of nitrogens with two attached hydrogens (primary N) is 1. The second-order valence-corrected chi connectivity index (χ2v) is 5.27. The second-order valence-electron chi connectivity index (χ2n) is 4.83. The number of carbonyl (C=O) groups excluding carboxylic acids is 1. The average molecular weight is 277 g/mol. The number of hydrogen-bond acceptors (Lipinski definition) is 5. The van der Waals surface area contributed by atoms with Gasteiger partial charge in [0.25, 0.3) is 0 Å². The summed E-state index contributed by atoms with van der Waals surface area (Å²) in [6.45, 7) is 2.28. The van der Waals surface area contributed by atoms with Crippen molar-refractivity contribution in [3.63, 3.8) is 0 Å². The summed E-state index contributed by atoms with van der Waals surface area (Å²) in [6.07, 6.45) is 3.25. The smallest absolute Gasteiger partial charge is 0.226 e. The number of carbonyl (C=O) groups is 1. The van der Waals surface area contributed by atoms with E-state index < -0.39 is 0 Å². The van der Waals surface area contributed by atoms with Crippen LogP contribution >= 0.6 is 12.2 Å². The van der Waals surface area contributed by atoms with Crippen LogP contribution in [0.1, 0.15) is 18.5 Å². The van der Waals surface area contributed by atoms with Crippen molar-refractivity contribution < 1.29 is 4.79 Å². The number of fused-ring (bicyclic) bond motifs is 1. The molecule has 3 heterocycles. The molecule has 2 aliphatic rings. The lowest BCUT2D eigenvalue weighted by molar-refractivity contribution is -0.129. The minimum Gasteiger partial charge on any atom is -0.388 e. The van der Waals surface area contributed by atoms with Gasteiger partial charge in [0, 0.05) is 38.3 Å². The highest BCUT2D eigenvalue weighted by Gasteiger charge is 2.36. The van der Waals surface area contributed by atoms with E-state index in [4.69, 9.17) is 18.0 Å². The van der Waals surface area contributed by atoms with E-state index in [1.165, 1.54) is 0 Å². The first-order valence-corrected chi connectivity index (χ1v) is 6.73. The molecule has 1 unspecified atom stereocenters. The SMILES string of the molecule is NC(=S)c1ccnc(N2CCN3C(=O)CCC3C2)n1. The molecule has 0 aliphatic carbocycles. The Labute approximate surface area is 116 Å². The number of amides is 1. The molecule has 0 radical (unpaired) electrons. The van der Waals surface area contributed by atoms with Crippen molar-refractivity contribution in [3.05, 3.63) is 18.0 Å². The molecule has 2 N–H and O–H groups in total. The highest BCUT2D eigenvalue weighted by molar-refractivity contribution is 7.80. The lowest BCUT2D eigenvalue weighted by Crippen LogP contribution is -2.52. The summed E-state index contributed by atoms with van der Waals surface area (Å²) in [5, 5.41) is 0. The van der Waals surface area contributed by atoms with Gasteiger partial charge in [0.1, 0.15) is 10.7 Å². The van der Waals surface area contributed by atoms with E-state index in [1.54, 1.807) is 12.3 Å². The van der Waals surface area contributed by atoms with Gasteiger partial charge >= 0.3 is 0 Å². The van der Waals surface area contributed by atoms with Crippen molar-refractivity contribution in [1.82, 2.24) is 14.9 Å². The number of piperazine rings is 1. The van der Waals surface area contributed by atoms with E-state index in [0.29, 0.717) is 24.1 Å². The Balaban J connectivity index is 1.78. The molecular formula is C12H15N5OS. The minimum absolute atomic E-state index is 0.266. The van der Waals surface area contributed by atoms with Crippen molar-refractivity contribution in [3.8, 4) is 0 Å². The molecule has 1 aromatic rings. The van der Waals surface area contributed by atoms with Crippen LogP contribution in [0.3, 0.4) is 0 Å². The maximum absolute atomic E-state index is 11.6. The van der Waals surface area contributed by atoms with Crippen LogP contribution in [-0.2, 0) is 4.79 Å². The molecule has 1 amide bonds. The normalized spacial score (nSPS) is 22.5. The molecule has 7 heteroatoms. The van der Waals surface area contributed by atoms with E-state index in [0.717, 1.165) is 26.1 Å². The molecule has 100 valence electrons. The third-order valence-electron chi connectivity index (χ3n) is 3.67. The fourth-order valence-electron chi connectivity index (χ4n) is 2.68. The largest absolute Gasteiger partial charge is 0.388 e. The van der Waals surface area contributed by atoms with E-state index in [1.807, 2.05) is 4.90 Å². The van der Waals surface area contributed by atoms with Gasteiger partial charge in [-0.15, -0.1) is 0 Å². The highest BCUT2D eigenvalue weighted by atomic mass is 32.1. The zero-order valence-corrected chi connectivity index (χ0v) is 11.3. The quantitative estimate of drug-likeness (QED) is 0.762.